The van der Waals surface area contributed by atoms with Gasteiger partial charge in [0.05, 0.1) is 6.10 Å². The largest absolute Gasteiger partial charge is 0.390 e. The van der Waals surface area contributed by atoms with Gasteiger partial charge in [0.1, 0.15) is 0 Å². The number of likely N-dealkylation sites (tertiary alicyclic amines) is 1. The summed E-state index contributed by atoms with van der Waals surface area (Å²) in [6, 6.07) is 0.403. The Bertz CT molecular complexity index is 209. The van der Waals surface area contributed by atoms with Gasteiger partial charge < -0.3 is 10.4 Å². The average Bonchev–Trinajstić information content (AvgIpc) is 2.75. The molecule has 2 saturated heterocycles. The first kappa shape index (κ1) is 9.13. The molecule has 0 amide bonds. The average molecular weight is 196 g/mol. The third-order valence-corrected chi connectivity index (χ3v) is 4.37. The van der Waals surface area contributed by atoms with Gasteiger partial charge in [-0.2, -0.15) is 0 Å². The fraction of sp³-hybridized carbons (Fsp3) is 1.00. The number of rotatable bonds is 1. The lowest BCUT2D eigenvalue weighted by atomic mass is 10.0. The SMILES string of the molecule is O[C@@H]1CNC[C@H]1N1CC2CCCC2C1. The molecule has 3 nitrogen and oxygen atoms in total. The smallest absolute Gasteiger partial charge is 0.0831 e. The number of nitrogens with zero attached hydrogens (tertiary/aromatic N) is 1. The molecule has 0 bridgehead atoms. The van der Waals surface area contributed by atoms with E-state index in [9.17, 15) is 5.11 Å². The summed E-state index contributed by atoms with van der Waals surface area (Å²) >= 11 is 0. The van der Waals surface area contributed by atoms with Crippen LogP contribution in [0.4, 0.5) is 0 Å². The minimum atomic E-state index is -0.131. The van der Waals surface area contributed by atoms with Crippen molar-refractivity contribution in [1.29, 1.82) is 0 Å². The molecular weight excluding hydrogens is 176 g/mol. The molecule has 3 rings (SSSR count). The van der Waals surface area contributed by atoms with Crippen LogP contribution in [0, 0.1) is 11.8 Å². The first-order valence-electron chi connectivity index (χ1n) is 5.97. The Labute approximate surface area is 85.5 Å². The Morgan fingerprint density at radius 1 is 1.07 bits per heavy atom. The zero-order valence-corrected chi connectivity index (χ0v) is 8.65. The van der Waals surface area contributed by atoms with Gasteiger partial charge in [0, 0.05) is 32.2 Å². The van der Waals surface area contributed by atoms with Crippen LogP contribution in [0.15, 0.2) is 0 Å². The lowest BCUT2D eigenvalue weighted by Crippen LogP contribution is -2.42. The fourth-order valence-electron chi connectivity index (χ4n) is 3.57. The molecule has 0 spiro atoms. The molecule has 0 aromatic rings. The minimum absolute atomic E-state index is 0.131. The number of aliphatic hydroxyl groups is 1. The van der Waals surface area contributed by atoms with E-state index >= 15 is 0 Å². The second-order valence-corrected chi connectivity index (χ2v) is 5.20. The van der Waals surface area contributed by atoms with Crippen molar-refractivity contribution in [2.24, 2.45) is 11.8 Å². The number of hydrogen-bond acceptors (Lipinski definition) is 3. The van der Waals surface area contributed by atoms with Gasteiger partial charge in [-0.25, -0.2) is 0 Å². The van der Waals surface area contributed by atoms with Crippen LogP contribution in [0.2, 0.25) is 0 Å². The van der Waals surface area contributed by atoms with Gasteiger partial charge in [0.15, 0.2) is 0 Å². The molecule has 0 aromatic heterocycles. The van der Waals surface area contributed by atoms with Crippen LogP contribution in [-0.2, 0) is 0 Å². The van der Waals surface area contributed by atoms with Crippen molar-refractivity contribution in [3.8, 4) is 0 Å². The van der Waals surface area contributed by atoms with Crippen molar-refractivity contribution in [2.45, 2.75) is 31.4 Å². The minimum Gasteiger partial charge on any atom is -0.390 e. The van der Waals surface area contributed by atoms with Crippen molar-refractivity contribution in [3.63, 3.8) is 0 Å². The summed E-state index contributed by atoms with van der Waals surface area (Å²) in [6.45, 7) is 4.26. The van der Waals surface area contributed by atoms with Crippen LogP contribution < -0.4 is 5.32 Å². The van der Waals surface area contributed by atoms with Crippen LogP contribution in [0.5, 0.6) is 0 Å². The molecule has 3 fully saturated rings. The summed E-state index contributed by atoms with van der Waals surface area (Å²) in [5.74, 6) is 1.89. The van der Waals surface area contributed by atoms with Crippen LogP contribution in [-0.4, -0.2) is 48.3 Å². The number of fused-ring (bicyclic) bond motifs is 1. The van der Waals surface area contributed by atoms with Gasteiger partial charge in [0.2, 0.25) is 0 Å². The van der Waals surface area contributed by atoms with E-state index in [1.165, 1.54) is 32.4 Å². The monoisotopic (exact) mass is 196 g/mol. The van der Waals surface area contributed by atoms with Gasteiger partial charge >= 0.3 is 0 Å². The highest BCUT2D eigenvalue weighted by Crippen LogP contribution is 2.38. The molecule has 0 aromatic carbocycles. The van der Waals surface area contributed by atoms with Gasteiger partial charge in [-0.05, 0) is 24.7 Å². The molecule has 1 saturated carbocycles. The number of aliphatic hydroxyl groups excluding tert-OH is 1. The van der Waals surface area contributed by atoms with Gasteiger partial charge in [0.25, 0.3) is 0 Å². The molecule has 2 unspecified atom stereocenters. The van der Waals surface area contributed by atoms with E-state index in [-0.39, 0.29) is 6.10 Å². The molecule has 80 valence electrons. The number of β-amino-alcohol motifs (C(OH)–C–C–N with tert-alkyl or cyclic N) is 1. The predicted octanol–water partition coefficient (Wildman–Crippen LogP) is 0.0510. The van der Waals surface area contributed by atoms with Crippen LogP contribution >= 0.6 is 0 Å². The van der Waals surface area contributed by atoms with Crippen molar-refractivity contribution in [1.82, 2.24) is 10.2 Å². The summed E-state index contributed by atoms with van der Waals surface area (Å²) in [4.78, 5) is 2.53. The molecule has 1 aliphatic carbocycles. The molecule has 3 aliphatic rings. The summed E-state index contributed by atoms with van der Waals surface area (Å²) < 4.78 is 0. The molecule has 2 aliphatic heterocycles. The van der Waals surface area contributed by atoms with E-state index in [4.69, 9.17) is 0 Å². The van der Waals surface area contributed by atoms with Crippen molar-refractivity contribution in [3.05, 3.63) is 0 Å². The van der Waals surface area contributed by atoms with E-state index in [1.54, 1.807) is 0 Å². The van der Waals surface area contributed by atoms with Gasteiger partial charge in [-0.3, -0.25) is 4.90 Å². The van der Waals surface area contributed by atoms with E-state index in [1.807, 2.05) is 0 Å². The maximum Gasteiger partial charge on any atom is 0.0831 e. The van der Waals surface area contributed by atoms with E-state index in [0.29, 0.717) is 6.04 Å². The molecular formula is C11H20N2O. The van der Waals surface area contributed by atoms with E-state index in [2.05, 4.69) is 10.2 Å². The van der Waals surface area contributed by atoms with Crippen LogP contribution in [0.25, 0.3) is 0 Å². The zero-order chi connectivity index (χ0) is 9.54. The zero-order valence-electron chi connectivity index (χ0n) is 8.65. The number of hydrogen-bond donors (Lipinski definition) is 2. The maximum atomic E-state index is 9.81. The summed E-state index contributed by atoms with van der Waals surface area (Å²) in [5, 5.41) is 13.1. The van der Waals surface area contributed by atoms with Crippen LogP contribution in [0.3, 0.4) is 0 Å². The second kappa shape index (κ2) is 3.47. The van der Waals surface area contributed by atoms with Crippen molar-refractivity contribution >= 4 is 0 Å². The third kappa shape index (κ3) is 1.38. The highest BCUT2D eigenvalue weighted by molar-refractivity contribution is 4.96. The highest BCUT2D eigenvalue weighted by Gasteiger charge is 2.41. The van der Waals surface area contributed by atoms with Gasteiger partial charge in [-0.1, -0.05) is 6.42 Å². The van der Waals surface area contributed by atoms with Crippen molar-refractivity contribution in [2.75, 3.05) is 26.2 Å². The first-order chi connectivity index (χ1) is 6.84. The van der Waals surface area contributed by atoms with Gasteiger partial charge in [-0.15, -0.1) is 0 Å². The lowest BCUT2D eigenvalue weighted by Gasteiger charge is -2.26. The lowest BCUT2D eigenvalue weighted by molar-refractivity contribution is 0.0934. The molecule has 2 N–H and O–H groups in total. The summed E-state index contributed by atoms with van der Waals surface area (Å²) in [5.41, 5.74) is 0. The molecule has 14 heavy (non-hydrogen) atoms. The second-order valence-electron chi connectivity index (χ2n) is 5.20. The highest BCUT2D eigenvalue weighted by atomic mass is 16.3. The third-order valence-electron chi connectivity index (χ3n) is 4.37. The fourth-order valence-corrected chi connectivity index (χ4v) is 3.57. The molecule has 2 heterocycles. The van der Waals surface area contributed by atoms with E-state index < -0.39 is 0 Å². The molecule has 0 radical (unpaired) electrons. The normalized spacial score (nSPS) is 48.6. The van der Waals surface area contributed by atoms with E-state index in [0.717, 1.165) is 24.9 Å². The Morgan fingerprint density at radius 2 is 1.79 bits per heavy atom. The summed E-state index contributed by atoms with van der Waals surface area (Å²) in [6.07, 6.45) is 4.16. The predicted molar refractivity (Wildman–Crippen MR) is 55.1 cm³/mol. The molecule has 4 atom stereocenters. The summed E-state index contributed by atoms with van der Waals surface area (Å²) in [7, 11) is 0. The Balaban J connectivity index is 1.65. The Kier molecular flexibility index (Phi) is 2.26. The quantitative estimate of drug-likeness (QED) is 0.622. The molecule has 3 heteroatoms. The maximum absolute atomic E-state index is 9.81. The Morgan fingerprint density at radius 3 is 2.36 bits per heavy atom. The Hall–Kier alpha value is -0.120. The van der Waals surface area contributed by atoms with Crippen LogP contribution in [0.1, 0.15) is 19.3 Å². The standard InChI is InChI=1S/C11H20N2O/c14-11-5-12-4-10(11)13-6-8-2-1-3-9(8)7-13/h8-12,14H,1-7H2/t8?,9?,10-,11-/m1/s1. The number of nitrogens with one attached hydrogen (secondary N) is 1. The van der Waals surface area contributed by atoms with Crippen molar-refractivity contribution < 1.29 is 5.11 Å². The first-order valence-corrected chi connectivity index (χ1v) is 5.97. The topological polar surface area (TPSA) is 35.5 Å².